The first-order valence-electron chi connectivity index (χ1n) is 17.8. The van der Waals surface area contributed by atoms with Crippen molar-refractivity contribution in [2.24, 2.45) is 29.4 Å². The van der Waals surface area contributed by atoms with Gasteiger partial charge in [0.25, 0.3) is 0 Å². The van der Waals surface area contributed by atoms with Crippen LogP contribution in [0.15, 0.2) is 24.3 Å². The zero-order valence-corrected chi connectivity index (χ0v) is 26.6. The van der Waals surface area contributed by atoms with Gasteiger partial charge in [0, 0.05) is 0 Å². The molecule has 0 heterocycles. The van der Waals surface area contributed by atoms with Crippen LogP contribution in [-0.4, -0.2) is 6.54 Å². The third-order valence-electron chi connectivity index (χ3n) is 9.25. The molecule has 0 aromatic rings. The molecule has 1 rings (SSSR count). The monoisotopic (exact) mass is 530 g/mol. The maximum atomic E-state index is 5.67. The van der Waals surface area contributed by atoms with E-state index in [0.717, 1.165) is 30.2 Å². The van der Waals surface area contributed by atoms with Crippen molar-refractivity contribution in [1.29, 1.82) is 0 Å². The molecular weight excluding hydrogens is 458 g/mol. The van der Waals surface area contributed by atoms with E-state index in [9.17, 15) is 0 Å². The first-order valence-corrected chi connectivity index (χ1v) is 17.8. The zero-order chi connectivity index (χ0) is 27.5. The summed E-state index contributed by atoms with van der Waals surface area (Å²) in [6.07, 6.45) is 45.6. The zero-order valence-electron chi connectivity index (χ0n) is 26.6. The predicted molar refractivity (Wildman–Crippen MR) is 174 cm³/mol. The third kappa shape index (κ3) is 17.9. The van der Waals surface area contributed by atoms with Gasteiger partial charge in [0.05, 0.1) is 0 Å². The van der Waals surface area contributed by atoms with Gasteiger partial charge in [0.15, 0.2) is 0 Å². The lowest BCUT2D eigenvalue weighted by atomic mass is 9.66. The van der Waals surface area contributed by atoms with E-state index in [0.29, 0.717) is 0 Å². The van der Waals surface area contributed by atoms with Crippen LogP contribution >= 0.6 is 0 Å². The van der Waals surface area contributed by atoms with Gasteiger partial charge in [-0.1, -0.05) is 167 Å². The quantitative estimate of drug-likeness (QED) is 0.0830. The molecule has 0 fully saturated rings. The summed E-state index contributed by atoms with van der Waals surface area (Å²) < 4.78 is 0. The molecule has 1 aliphatic carbocycles. The SMILES string of the molecule is CCCCC/C=C/C1C(CCCCC)C=CC(CCCCCCCCCC)C1CCCCCCCCCN. The second kappa shape index (κ2) is 26.7. The van der Waals surface area contributed by atoms with Crippen LogP contribution < -0.4 is 5.73 Å². The fraction of sp³-hybridized carbons (Fsp3) is 0.892. The molecule has 0 saturated carbocycles. The average molecular weight is 530 g/mol. The van der Waals surface area contributed by atoms with Crippen LogP contribution in [0.1, 0.15) is 181 Å². The molecule has 1 heteroatoms. The minimum Gasteiger partial charge on any atom is -0.330 e. The van der Waals surface area contributed by atoms with Gasteiger partial charge in [-0.15, -0.1) is 0 Å². The van der Waals surface area contributed by atoms with Gasteiger partial charge in [0.2, 0.25) is 0 Å². The second-order valence-electron chi connectivity index (χ2n) is 12.7. The number of allylic oxidation sites excluding steroid dienone is 4. The average Bonchev–Trinajstić information content (AvgIpc) is 2.93. The van der Waals surface area contributed by atoms with Crippen molar-refractivity contribution in [2.75, 3.05) is 6.54 Å². The molecule has 0 amide bonds. The molecule has 0 aromatic heterocycles. The summed E-state index contributed by atoms with van der Waals surface area (Å²) in [6.45, 7) is 7.85. The summed E-state index contributed by atoms with van der Waals surface area (Å²) in [4.78, 5) is 0. The highest BCUT2D eigenvalue weighted by molar-refractivity contribution is 5.10. The summed E-state index contributed by atoms with van der Waals surface area (Å²) in [5.74, 6) is 3.24. The van der Waals surface area contributed by atoms with Crippen molar-refractivity contribution in [2.45, 2.75) is 181 Å². The Hall–Kier alpha value is -0.560. The molecule has 224 valence electrons. The van der Waals surface area contributed by atoms with Crippen molar-refractivity contribution >= 4 is 0 Å². The van der Waals surface area contributed by atoms with E-state index in [1.807, 2.05) is 0 Å². The summed E-state index contributed by atoms with van der Waals surface area (Å²) >= 11 is 0. The van der Waals surface area contributed by atoms with Crippen molar-refractivity contribution in [3.63, 3.8) is 0 Å². The summed E-state index contributed by atoms with van der Waals surface area (Å²) in [7, 11) is 0. The number of rotatable bonds is 27. The molecule has 38 heavy (non-hydrogen) atoms. The van der Waals surface area contributed by atoms with Crippen LogP contribution in [0, 0.1) is 23.7 Å². The predicted octanol–water partition coefficient (Wildman–Crippen LogP) is 12.3. The van der Waals surface area contributed by atoms with E-state index in [-0.39, 0.29) is 0 Å². The summed E-state index contributed by atoms with van der Waals surface area (Å²) in [5.41, 5.74) is 5.67. The normalized spacial score (nSPS) is 21.6. The third-order valence-corrected chi connectivity index (χ3v) is 9.25. The van der Waals surface area contributed by atoms with E-state index in [1.165, 1.54) is 161 Å². The second-order valence-corrected chi connectivity index (χ2v) is 12.7. The molecule has 0 aliphatic heterocycles. The molecule has 0 bridgehead atoms. The topological polar surface area (TPSA) is 26.0 Å². The van der Waals surface area contributed by atoms with Crippen LogP contribution in [-0.2, 0) is 0 Å². The van der Waals surface area contributed by atoms with E-state index in [4.69, 9.17) is 5.73 Å². The summed E-state index contributed by atoms with van der Waals surface area (Å²) in [5, 5.41) is 0. The molecule has 0 spiro atoms. The lowest BCUT2D eigenvalue weighted by Crippen LogP contribution is -2.30. The molecule has 2 N–H and O–H groups in total. The molecule has 0 saturated heterocycles. The number of nitrogens with two attached hydrogens (primary N) is 1. The standard InChI is InChI=1S/C37H71N/c1-4-7-10-12-13-15-19-23-28-35-32-31-34(27-22-9-6-3)36(29-24-18-11-8-5-2)37(35)30-25-20-16-14-17-21-26-33-38/h24,29,31-32,34-37H,4-23,25-28,30,33,38H2,1-3H3/b29-24+. The van der Waals surface area contributed by atoms with E-state index in [2.05, 4.69) is 45.1 Å². The van der Waals surface area contributed by atoms with Gasteiger partial charge in [-0.05, 0) is 68.7 Å². The highest BCUT2D eigenvalue weighted by Crippen LogP contribution is 2.43. The highest BCUT2D eigenvalue weighted by atomic mass is 14.5. The van der Waals surface area contributed by atoms with Gasteiger partial charge < -0.3 is 5.73 Å². The number of hydrogen-bond donors (Lipinski definition) is 1. The fourth-order valence-electron chi connectivity index (χ4n) is 6.77. The van der Waals surface area contributed by atoms with Crippen LogP contribution in [0.5, 0.6) is 0 Å². The fourth-order valence-corrected chi connectivity index (χ4v) is 6.77. The van der Waals surface area contributed by atoms with E-state index >= 15 is 0 Å². The van der Waals surface area contributed by atoms with Crippen LogP contribution in [0.3, 0.4) is 0 Å². The summed E-state index contributed by atoms with van der Waals surface area (Å²) in [6, 6.07) is 0. The molecule has 4 unspecified atom stereocenters. The Balaban J connectivity index is 2.72. The van der Waals surface area contributed by atoms with E-state index < -0.39 is 0 Å². The van der Waals surface area contributed by atoms with Gasteiger partial charge >= 0.3 is 0 Å². The van der Waals surface area contributed by atoms with Gasteiger partial charge in [0.1, 0.15) is 0 Å². The first kappa shape index (κ1) is 35.5. The van der Waals surface area contributed by atoms with Gasteiger partial charge in [-0.25, -0.2) is 0 Å². The van der Waals surface area contributed by atoms with Crippen LogP contribution in [0.25, 0.3) is 0 Å². The van der Waals surface area contributed by atoms with Gasteiger partial charge in [-0.3, -0.25) is 0 Å². The first-order chi connectivity index (χ1) is 18.8. The van der Waals surface area contributed by atoms with Crippen molar-refractivity contribution in [3.8, 4) is 0 Å². The Morgan fingerprint density at radius 1 is 0.500 bits per heavy atom. The Morgan fingerprint density at radius 2 is 0.947 bits per heavy atom. The Morgan fingerprint density at radius 3 is 1.58 bits per heavy atom. The Labute approximate surface area is 241 Å². The Bertz CT molecular complexity index is 535. The molecule has 0 aromatic carbocycles. The van der Waals surface area contributed by atoms with E-state index in [1.54, 1.807) is 0 Å². The molecule has 0 radical (unpaired) electrons. The van der Waals surface area contributed by atoms with Crippen molar-refractivity contribution < 1.29 is 0 Å². The number of hydrogen-bond acceptors (Lipinski definition) is 1. The largest absolute Gasteiger partial charge is 0.330 e. The smallest absolute Gasteiger partial charge is 0.00773 e. The number of unbranched alkanes of at least 4 members (excludes halogenated alkanes) is 18. The molecular formula is C37H71N. The van der Waals surface area contributed by atoms with Gasteiger partial charge in [-0.2, -0.15) is 0 Å². The maximum absolute atomic E-state index is 5.67. The molecule has 4 atom stereocenters. The molecule has 1 aliphatic rings. The Kier molecular flexibility index (Phi) is 24.9. The van der Waals surface area contributed by atoms with Crippen molar-refractivity contribution in [1.82, 2.24) is 0 Å². The minimum atomic E-state index is 0.778. The lowest BCUT2D eigenvalue weighted by molar-refractivity contribution is 0.196. The lowest BCUT2D eigenvalue weighted by Gasteiger charge is -2.39. The molecule has 1 nitrogen and oxygen atoms in total. The minimum absolute atomic E-state index is 0.778. The maximum Gasteiger partial charge on any atom is -0.00773 e. The van der Waals surface area contributed by atoms with Crippen LogP contribution in [0.4, 0.5) is 0 Å². The highest BCUT2D eigenvalue weighted by Gasteiger charge is 2.33. The van der Waals surface area contributed by atoms with Crippen molar-refractivity contribution in [3.05, 3.63) is 24.3 Å². The van der Waals surface area contributed by atoms with Crippen LogP contribution in [0.2, 0.25) is 0 Å².